The molecule has 0 bridgehead atoms. The van der Waals surface area contributed by atoms with Gasteiger partial charge in [0.2, 0.25) is 0 Å². The van der Waals surface area contributed by atoms with E-state index in [1.165, 1.54) is 21.6 Å². The molecule has 0 aromatic heterocycles. The first-order valence-corrected chi connectivity index (χ1v) is 7.74. The Labute approximate surface area is 122 Å². The van der Waals surface area contributed by atoms with E-state index in [2.05, 4.69) is 9.68 Å². The summed E-state index contributed by atoms with van der Waals surface area (Å²) < 4.78 is 0. The molecule has 0 spiro atoms. The van der Waals surface area contributed by atoms with Gasteiger partial charge in [-0.3, -0.25) is 0 Å². The first kappa shape index (κ1) is 16.4. The molecule has 0 fully saturated rings. The van der Waals surface area contributed by atoms with E-state index >= 15 is 0 Å². The average molecular weight is 320 g/mol. The summed E-state index contributed by atoms with van der Waals surface area (Å²) in [6.45, 7) is 1.48. The SMILES string of the molecule is Cc1cccc(SSCC(CO[N+](=O)[O-])O[N+](=O)[O-])c1. The molecule has 0 aliphatic rings. The second-order valence-corrected chi connectivity index (χ2v) is 6.07. The van der Waals surface area contributed by atoms with Crippen molar-refractivity contribution < 1.29 is 19.8 Å². The molecule has 1 atom stereocenters. The molecule has 0 saturated carbocycles. The van der Waals surface area contributed by atoms with Gasteiger partial charge in [-0.2, -0.15) is 0 Å². The van der Waals surface area contributed by atoms with E-state index in [0.29, 0.717) is 0 Å². The average Bonchev–Trinajstić information content (AvgIpc) is 2.35. The van der Waals surface area contributed by atoms with Crippen LogP contribution in [0, 0.1) is 27.2 Å². The molecule has 0 aliphatic heterocycles. The summed E-state index contributed by atoms with van der Waals surface area (Å²) in [6.07, 6.45) is -0.988. The molecule has 8 nitrogen and oxygen atoms in total. The fourth-order valence-electron chi connectivity index (χ4n) is 1.22. The number of benzene rings is 1. The minimum Gasteiger partial charge on any atom is -0.312 e. The monoisotopic (exact) mass is 320 g/mol. The third-order valence-corrected chi connectivity index (χ3v) is 4.41. The minimum absolute atomic E-state index is 0.188. The number of rotatable bonds is 9. The Morgan fingerprint density at radius 1 is 1.30 bits per heavy atom. The number of aryl methyl sites for hydroxylation is 1. The van der Waals surface area contributed by atoms with E-state index in [1.807, 2.05) is 31.2 Å². The first-order valence-electron chi connectivity index (χ1n) is 5.42. The van der Waals surface area contributed by atoms with Crippen LogP contribution in [0.25, 0.3) is 0 Å². The van der Waals surface area contributed by atoms with Crippen LogP contribution in [0.3, 0.4) is 0 Å². The standard InChI is InChI=1S/C10H12N2O6S2/c1-8-3-2-4-10(5-8)20-19-7-9(18-12(15)16)6-17-11(13)14/h2-5,9H,6-7H2,1H3. The maximum absolute atomic E-state index is 10.3. The molecule has 0 saturated heterocycles. The highest BCUT2D eigenvalue weighted by molar-refractivity contribution is 8.76. The van der Waals surface area contributed by atoms with E-state index in [4.69, 9.17) is 0 Å². The Morgan fingerprint density at radius 3 is 2.65 bits per heavy atom. The molecule has 1 aromatic carbocycles. The normalized spacial score (nSPS) is 11.7. The Hall–Kier alpha value is -1.68. The topological polar surface area (TPSA) is 105 Å². The van der Waals surface area contributed by atoms with E-state index in [0.717, 1.165) is 10.5 Å². The highest BCUT2D eigenvalue weighted by Crippen LogP contribution is 2.32. The van der Waals surface area contributed by atoms with Gasteiger partial charge in [-0.05, 0) is 24.6 Å². The zero-order chi connectivity index (χ0) is 15.0. The zero-order valence-corrected chi connectivity index (χ0v) is 12.1. The van der Waals surface area contributed by atoms with Crippen LogP contribution in [0.4, 0.5) is 0 Å². The van der Waals surface area contributed by atoms with Gasteiger partial charge in [-0.25, -0.2) is 0 Å². The van der Waals surface area contributed by atoms with Crippen LogP contribution >= 0.6 is 21.6 Å². The van der Waals surface area contributed by atoms with Crippen LogP contribution in [-0.2, 0) is 9.68 Å². The molecule has 0 aliphatic carbocycles. The van der Waals surface area contributed by atoms with Crippen molar-refractivity contribution in [3.05, 3.63) is 50.1 Å². The van der Waals surface area contributed by atoms with Crippen molar-refractivity contribution in [1.29, 1.82) is 0 Å². The molecule has 20 heavy (non-hydrogen) atoms. The molecule has 0 radical (unpaired) electrons. The van der Waals surface area contributed by atoms with Gasteiger partial charge >= 0.3 is 0 Å². The number of hydrogen-bond donors (Lipinski definition) is 0. The van der Waals surface area contributed by atoms with Crippen LogP contribution in [0.5, 0.6) is 0 Å². The van der Waals surface area contributed by atoms with Crippen molar-refractivity contribution >= 4 is 21.6 Å². The summed E-state index contributed by atoms with van der Waals surface area (Å²) >= 11 is 0. The van der Waals surface area contributed by atoms with Crippen LogP contribution in [0.2, 0.25) is 0 Å². The summed E-state index contributed by atoms with van der Waals surface area (Å²) in [4.78, 5) is 29.8. The molecule has 1 rings (SSSR count). The predicted octanol–water partition coefficient (Wildman–Crippen LogP) is 2.52. The Bertz CT molecular complexity index is 473. The molecule has 110 valence electrons. The molecule has 0 N–H and O–H groups in total. The molecular weight excluding hydrogens is 308 g/mol. The third kappa shape index (κ3) is 7.04. The Morgan fingerprint density at radius 2 is 2.05 bits per heavy atom. The Kier molecular flexibility index (Phi) is 6.94. The molecule has 1 aromatic rings. The van der Waals surface area contributed by atoms with E-state index in [9.17, 15) is 20.2 Å². The first-order chi connectivity index (χ1) is 9.47. The van der Waals surface area contributed by atoms with Crippen molar-refractivity contribution in [3.63, 3.8) is 0 Å². The van der Waals surface area contributed by atoms with Gasteiger partial charge in [0.25, 0.3) is 10.2 Å². The van der Waals surface area contributed by atoms with E-state index < -0.39 is 22.9 Å². The maximum Gasteiger partial charge on any atom is 0.294 e. The second-order valence-electron chi connectivity index (χ2n) is 3.65. The summed E-state index contributed by atoms with van der Waals surface area (Å²) in [5.41, 5.74) is 1.10. The van der Waals surface area contributed by atoms with Crippen LogP contribution in [0.15, 0.2) is 29.2 Å². The molecule has 0 amide bonds. The van der Waals surface area contributed by atoms with Crippen molar-refractivity contribution in [3.8, 4) is 0 Å². The van der Waals surface area contributed by atoms with Gasteiger partial charge in [0, 0.05) is 10.6 Å². The van der Waals surface area contributed by atoms with Crippen molar-refractivity contribution in [1.82, 2.24) is 0 Å². The van der Waals surface area contributed by atoms with Crippen LogP contribution in [-0.4, -0.2) is 28.6 Å². The fraction of sp³-hybridized carbons (Fsp3) is 0.400. The van der Waals surface area contributed by atoms with Gasteiger partial charge in [0.1, 0.15) is 12.7 Å². The van der Waals surface area contributed by atoms with Crippen molar-refractivity contribution in [2.75, 3.05) is 12.4 Å². The maximum atomic E-state index is 10.3. The summed E-state index contributed by atoms with van der Waals surface area (Å²) in [6, 6.07) is 7.73. The zero-order valence-electron chi connectivity index (χ0n) is 10.5. The summed E-state index contributed by atoms with van der Waals surface area (Å²) in [5.74, 6) is 0.188. The molecular formula is C10H12N2O6S2. The molecule has 1 unspecified atom stereocenters. The summed E-state index contributed by atoms with van der Waals surface area (Å²) in [7, 11) is 2.71. The smallest absolute Gasteiger partial charge is 0.294 e. The largest absolute Gasteiger partial charge is 0.312 e. The lowest BCUT2D eigenvalue weighted by Crippen LogP contribution is -2.26. The molecule has 0 heterocycles. The fourth-order valence-corrected chi connectivity index (χ4v) is 3.48. The van der Waals surface area contributed by atoms with Crippen molar-refractivity contribution in [2.24, 2.45) is 0 Å². The van der Waals surface area contributed by atoms with Gasteiger partial charge in [0.05, 0.1) is 0 Å². The van der Waals surface area contributed by atoms with E-state index in [1.54, 1.807) is 0 Å². The van der Waals surface area contributed by atoms with Crippen molar-refractivity contribution in [2.45, 2.75) is 17.9 Å². The lowest BCUT2D eigenvalue weighted by molar-refractivity contribution is -0.788. The Balaban J connectivity index is 2.40. The molecule has 10 heteroatoms. The van der Waals surface area contributed by atoms with E-state index in [-0.39, 0.29) is 5.75 Å². The van der Waals surface area contributed by atoms with Crippen LogP contribution < -0.4 is 0 Å². The minimum atomic E-state index is -1.01. The lowest BCUT2D eigenvalue weighted by atomic mass is 10.2. The number of hydrogen-bond acceptors (Lipinski definition) is 8. The number of nitrogens with zero attached hydrogens (tertiary/aromatic N) is 2. The van der Waals surface area contributed by atoms with Gasteiger partial charge in [-0.15, -0.1) is 20.2 Å². The predicted molar refractivity (Wildman–Crippen MR) is 74.3 cm³/mol. The highest BCUT2D eigenvalue weighted by atomic mass is 33.1. The van der Waals surface area contributed by atoms with Gasteiger partial charge in [-0.1, -0.05) is 33.7 Å². The van der Waals surface area contributed by atoms with Crippen LogP contribution in [0.1, 0.15) is 5.56 Å². The lowest BCUT2D eigenvalue weighted by Gasteiger charge is -2.12. The second kappa shape index (κ2) is 8.48. The quantitative estimate of drug-likeness (QED) is 0.388. The van der Waals surface area contributed by atoms with Gasteiger partial charge < -0.3 is 9.68 Å². The highest BCUT2D eigenvalue weighted by Gasteiger charge is 2.16. The third-order valence-electron chi connectivity index (χ3n) is 2.00. The summed E-state index contributed by atoms with van der Waals surface area (Å²) in [5, 5.41) is 18.4. The van der Waals surface area contributed by atoms with Gasteiger partial charge in [0.15, 0.2) is 0 Å².